The lowest BCUT2D eigenvalue weighted by Gasteiger charge is -2.02. The molecule has 3 aromatic rings. The number of thiophene rings is 1. The summed E-state index contributed by atoms with van der Waals surface area (Å²) in [4.78, 5) is 12.3. The second-order valence-corrected chi connectivity index (χ2v) is 4.63. The smallest absolute Gasteiger partial charge is 0.416 e. The van der Waals surface area contributed by atoms with E-state index in [-0.39, 0.29) is 0 Å². The van der Waals surface area contributed by atoms with Crippen LogP contribution in [0.5, 0.6) is 0 Å². The number of benzene rings is 1. The first kappa shape index (κ1) is 10.1. The van der Waals surface area contributed by atoms with Crippen molar-refractivity contribution in [3.05, 3.63) is 47.8 Å². The molecule has 2 heterocycles. The zero-order chi connectivity index (χ0) is 11.8. The van der Waals surface area contributed by atoms with Crippen LogP contribution in [0.25, 0.3) is 21.5 Å². The van der Waals surface area contributed by atoms with Crippen LogP contribution < -0.4 is 0 Å². The van der Waals surface area contributed by atoms with Gasteiger partial charge in [0.15, 0.2) is 0 Å². The standard InChI is InChI=1S/C13H9NO2S/c15-13(16)14-10-5-2-1-4-9(10)8-11(14)12-6-3-7-17-12/h1-8H,(H,15,16). The van der Waals surface area contributed by atoms with Gasteiger partial charge in [0.2, 0.25) is 0 Å². The van der Waals surface area contributed by atoms with Crippen molar-refractivity contribution in [2.45, 2.75) is 0 Å². The maximum absolute atomic E-state index is 11.4. The van der Waals surface area contributed by atoms with Gasteiger partial charge in [-0.05, 0) is 23.6 Å². The van der Waals surface area contributed by atoms with Crippen LogP contribution in [0.1, 0.15) is 0 Å². The Morgan fingerprint density at radius 1 is 1.18 bits per heavy atom. The molecular formula is C13H9NO2S. The molecule has 1 aromatic carbocycles. The minimum Gasteiger partial charge on any atom is -0.464 e. The van der Waals surface area contributed by atoms with Gasteiger partial charge >= 0.3 is 6.09 Å². The van der Waals surface area contributed by atoms with E-state index in [1.165, 1.54) is 15.9 Å². The van der Waals surface area contributed by atoms with Crippen molar-refractivity contribution >= 4 is 28.3 Å². The predicted molar refractivity (Wildman–Crippen MR) is 68.7 cm³/mol. The molecule has 17 heavy (non-hydrogen) atoms. The minimum atomic E-state index is -0.949. The quantitative estimate of drug-likeness (QED) is 0.704. The molecule has 0 spiro atoms. The average Bonchev–Trinajstić information content (AvgIpc) is 2.95. The SMILES string of the molecule is O=C(O)n1c(-c2cccs2)cc2ccccc21. The van der Waals surface area contributed by atoms with Gasteiger partial charge in [-0.15, -0.1) is 11.3 Å². The first-order chi connectivity index (χ1) is 8.27. The third kappa shape index (κ3) is 1.54. The molecule has 2 aromatic heterocycles. The lowest BCUT2D eigenvalue weighted by Crippen LogP contribution is -2.08. The Balaban J connectivity index is 2.38. The molecule has 0 fully saturated rings. The molecule has 3 nitrogen and oxygen atoms in total. The maximum atomic E-state index is 11.4. The molecule has 0 radical (unpaired) electrons. The fraction of sp³-hybridized carbons (Fsp3) is 0. The predicted octanol–water partition coefficient (Wildman–Crippen LogP) is 3.90. The monoisotopic (exact) mass is 243 g/mol. The number of nitrogens with zero attached hydrogens (tertiary/aromatic N) is 1. The van der Waals surface area contributed by atoms with Gasteiger partial charge in [0.05, 0.1) is 16.1 Å². The van der Waals surface area contributed by atoms with Crippen LogP contribution in [-0.4, -0.2) is 15.8 Å². The molecule has 0 aliphatic heterocycles. The number of hydrogen-bond donors (Lipinski definition) is 1. The van der Waals surface area contributed by atoms with E-state index in [1.54, 1.807) is 0 Å². The zero-order valence-electron chi connectivity index (χ0n) is 8.83. The Hall–Kier alpha value is -2.07. The highest BCUT2D eigenvalue weighted by atomic mass is 32.1. The van der Waals surface area contributed by atoms with E-state index >= 15 is 0 Å². The molecule has 0 saturated heterocycles. The van der Waals surface area contributed by atoms with Crippen molar-refractivity contribution in [2.75, 3.05) is 0 Å². The number of para-hydroxylation sites is 1. The summed E-state index contributed by atoms with van der Waals surface area (Å²) in [6, 6.07) is 13.3. The second kappa shape index (κ2) is 3.75. The molecule has 0 aliphatic carbocycles. The Morgan fingerprint density at radius 2 is 2.00 bits per heavy atom. The summed E-state index contributed by atoms with van der Waals surface area (Å²) < 4.78 is 1.33. The average molecular weight is 243 g/mol. The first-order valence-corrected chi connectivity index (χ1v) is 6.03. The summed E-state index contributed by atoms with van der Waals surface area (Å²) in [5.41, 5.74) is 1.46. The van der Waals surface area contributed by atoms with Gasteiger partial charge in [-0.3, -0.25) is 0 Å². The summed E-state index contributed by atoms with van der Waals surface area (Å²) in [5.74, 6) is 0. The molecule has 0 amide bonds. The van der Waals surface area contributed by atoms with E-state index in [2.05, 4.69) is 0 Å². The van der Waals surface area contributed by atoms with Gasteiger partial charge in [0.1, 0.15) is 0 Å². The van der Waals surface area contributed by atoms with Crippen molar-refractivity contribution in [1.29, 1.82) is 0 Å². The van der Waals surface area contributed by atoms with Crippen LogP contribution in [0.4, 0.5) is 4.79 Å². The van der Waals surface area contributed by atoms with Crippen LogP contribution >= 0.6 is 11.3 Å². The van der Waals surface area contributed by atoms with Crippen molar-refractivity contribution < 1.29 is 9.90 Å². The van der Waals surface area contributed by atoms with Crippen molar-refractivity contribution in [1.82, 2.24) is 4.57 Å². The Bertz CT molecular complexity index is 683. The van der Waals surface area contributed by atoms with Crippen LogP contribution in [0.15, 0.2) is 47.8 Å². The number of rotatable bonds is 1. The molecule has 0 atom stereocenters. The summed E-state index contributed by atoms with van der Waals surface area (Å²) >= 11 is 1.54. The summed E-state index contributed by atoms with van der Waals surface area (Å²) in [6.07, 6.45) is -0.949. The number of hydrogen-bond acceptors (Lipinski definition) is 2. The normalized spacial score (nSPS) is 10.8. The molecule has 84 valence electrons. The molecule has 0 unspecified atom stereocenters. The number of aromatic nitrogens is 1. The van der Waals surface area contributed by atoms with Gasteiger partial charge in [-0.1, -0.05) is 24.3 Å². The molecule has 4 heteroatoms. The van der Waals surface area contributed by atoms with E-state index in [4.69, 9.17) is 0 Å². The second-order valence-electron chi connectivity index (χ2n) is 3.68. The summed E-state index contributed by atoms with van der Waals surface area (Å²) in [7, 11) is 0. The van der Waals surface area contributed by atoms with Crippen LogP contribution in [0.3, 0.4) is 0 Å². The molecule has 0 bridgehead atoms. The van der Waals surface area contributed by atoms with Gasteiger partial charge in [-0.25, -0.2) is 9.36 Å². The van der Waals surface area contributed by atoms with E-state index in [0.29, 0.717) is 0 Å². The highest BCUT2D eigenvalue weighted by molar-refractivity contribution is 7.13. The summed E-state index contributed by atoms with van der Waals surface area (Å²) in [5, 5.41) is 12.2. The molecule has 1 N–H and O–H groups in total. The van der Waals surface area contributed by atoms with Crippen molar-refractivity contribution in [3.63, 3.8) is 0 Å². The van der Waals surface area contributed by atoms with Gasteiger partial charge in [0, 0.05) is 5.39 Å². The molecular weight excluding hydrogens is 234 g/mol. The van der Waals surface area contributed by atoms with Crippen molar-refractivity contribution in [3.8, 4) is 10.6 Å². The van der Waals surface area contributed by atoms with Crippen molar-refractivity contribution in [2.24, 2.45) is 0 Å². The third-order valence-corrected chi connectivity index (χ3v) is 3.57. The fourth-order valence-corrected chi connectivity index (χ4v) is 2.70. The van der Waals surface area contributed by atoms with Crippen LogP contribution in [0.2, 0.25) is 0 Å². The van der Waals surface area contributed by atoms with E-state index in [1.807, 2.05) is 47.8 Å². The number of carbonyl (C=O) groups is 1. The lowest BCUT2D eigenvalue weighted by atomic mass is 10.2. The zero-order valence-corrected chi connectivity index (χ0v) is 9.65. The minimum absolute atomic E-state index is 0.725. The van der Waals surface area contributed by atoms with Crippen LogP contribution in [-0.2, 0) is 0 Å². The Labute approximate surface area is 102 Å². The van der Waals surface area contributed by atoms with Gasteiger partial charge < -0.3 is 5.11 Å². The summed E-state index contributed by atoms with van der Waals surface area (Å²) in [6.45, 7) is 0. The Morgan fingerprint density at radius 3 is 2.71 bits per heavy atom. The topological polar surface area (TPSA) is 42.2 Å². The number of carboxylic acid groups (broad SMARTS) is 1. The maximum Gasteiger partial charge on any atom is 0.416 e. The van der Waals surface area contributed by atoms with Gasteiger partial charge in [-0.2, -0.15) is 0 Å². The lowest BCUT2D eigenvalue weighted by molar-refractivity contribution is 0.198. The van der Waals surface area contributed by atoms with E-state index < -0.39 is 6.09 Å². The first-order valence-electron chi connectivity index (χ1n) is 5.15. The molecule has 0 saturated carbocycles. The molecule has 3 rings (SSSR count). The fourth-order valence-electron chi connectivity index (χ4n) is 1.97. The van der Waals surface area contributed by atoms with E-state index in [0.717, 1.165) is 21.5 Å². The number of fused-ring (bicyclic) bond motifs is 1. The third-order valence-electron chi connectivity index (χ3n) is 2.68. The molecule has 0 aliphatic rings. The van der Waals surface area contributed by atoms with Crippen LogP contribution in [0, 0.1) is 0 Å². The van der Waals surface area contributed by atoms with E-state index in [9.17, 15) is 9.90 Å². The highest BCUT2D eigenvalue weighted by Crippen LogP contribution is 2.30. The highest BCUT2D eigenvalue weighted by Gasteiger charge is 2.15. The largest absolute Gasteiger partial charge is 0.464 e. The Kier molecular flexibility index (Phi) is 2.23. The van der Waals surface area contributed by atoms with Gasteiger partial charge in [0.25, 0.3) is 0 Å².